The smallest absolute Gasteiger partial charge is 0.317 e. The number of nitrogens with zero attached hydrogens (tertiary/aromatic N) is 3. The summed E-state index contributed by atoms with van der Waals surface area (Å²) in [6.07, 6.45) is 7.11. The van der Waals surface area contributed by atoms with E-state index in [0.717, 1.165) is 42.0 Å². The first-order chi connectivity index (χ1) is 13.7. The van der Waals surface area contributed by atoms with Crippen molar-refractivity contribution in [3.63, 3.8) is 0 Å². The lowest BCUT2D eigenvalue weighted by atomic mass is 10.00. The number of anilines is 1. The summed E-state index contributed by atoms with van der Waals surface area (Å²) in [6, 6.07) is 10.5. The molecule has 1 N–H and O–H groups in total. The quantitative estimate of drug-likeness (QED) is 0.877. The molecule has 0 spiro atoms. The Bertz CT molecular complexity index is 842. The van der Waals surface area contributed by atoms with Crippen LogP contribution in [0.2, 0.25) is 0 Å². The average Bonchev–Trinajstić information content (AvgIpc) is 3.28. The summed E-state index contributed by atoms with van der Waals surface area (Å²) >= 11 is 0. The molecule has 0 bridgehead atoms. The number of halogens is 1. The van der Waals surface area contributed by atoms with Crippen molar-refractivity contribution in [1.29, 1.82) is 0 Å². The number of hydrogen-bond acceptors (Lipinski definition) is 3. The third-order valence-corrected chi connectivity index (χ3v) is 5.39. The Hall–Kier alpha value is -2.89. The number of nitrogens with one attached hydrogen (secondary N) is 1. The summed E-state index contributed by atoms with van der Waals surface area (Å²) in [6.45, 7) is 3.83. The van der Waals surface area contributed by atoms with Gasteiger partial charge >= 0.3 is 6.03 Å². The van der Waals surface area contributed by atoms with Gasteiger partial charge in [-0.2, -0.15) is 0 Å². The van der Waals surface area contributed by atoms with E-state index in [1.165, 1.54) is 25.0 Å². The molecule has 2 aliphatic heterocycles. The van der Waals surface area contributed by atoms with E-state index in [4.69, 9.17) is 0 Å². The van der Waals surface area contributed by atoms with E-state index in [-0.39, 0.29) is 11.8 Å². The molecule has 2 amide bonds. The van der Waals surface area contributed by atoms with Gasteiger partial charge in [0.15, 0.2) is 0 Å². The molecule has 1 aromatic heterocycles. The van der Waals surface area contributed by atoms with Gasteiger partial charge in [0, 0.05) is 38.9 Å². The summed E-state index contributed by atoms with van der Waals surface area (Å²) in [5.41, 5.74) is 3.17. The summed E-state index contributed by atoms with van der Waals surface area (Å²) < 4.78 is 13.1. The van der Waals surface area contributed by atoms with Crippen LogP contribution in [0.5, 0.6) is 0 Å². The molecule has 6 heteroatoms. The second-order valence-corrected chi connectivity index (χ2v) is 7.31. The first-order valence-electron chi connectivity index (χ1n) is 9.87. The molecule has 5 nitrogen and oxygen atoms in total. The maximum absolute atomic E-state index is 13.1. The van der Waals surface area contributed by atoms with Gasteiger partial charge in [-0.25, -0.2) is 14.2 Å². The second-order valence-electron chi connectivity index (χ2n) is 7.31. The van der Waals surface area contributed by atoms with E-state index in [1.54, 1.807) is 17.0 Å². The Morgan fingerprint density at radius 3 is 2.50 bits per heavy atom. The highest BCUT2D eigenvalue weighted by molar-refractivity contribution is 5.76. The number of pyridine rings is 1. The van der Waals surface area contributed by atoms with Crippen LogP contribution < -0.4 is 10.2 Å². The van der Waals surface area contributed by atoms with E-state index < -0.39 is 0 Å². The molecule has 3 heterocycles. The molecular formula is C22H25FN4O. The van der Waals surface area contributed by atoms with Gasteiger partial charge < -0.3 is 15.1 Å². The van der Waals surface area contributed by atoms with Crippen LogP contribution in [0.4, 0.5) is 15.0 Å². The minimum Gasteiger partial charge on any atom is -0.357 e. The Labute approximate surface area is 164 Å². The van der Waals surface area contributed by atoms with Gasteiger partial charge in [0.1, 0.15) is 11.6 Å². The minimum absolute atomic E-state index is 0.0713. The molecule has 0 unspecified atom stereocenters. The van der Waals surface area contributed by atoms with Crippen molar-refractivity contribution in [2.24, 2.45) is 0 Å². The van der Waals surface area contributed by atoms with Crippen molar-refractivity contribution >= 4 is 17.4 Å². The van der Waals surface area contributed by atoms with E-state index >= 15 is 0 Å². The lowest BCUT2D eigenvalue weighted by molar-refractivity contribution is 0.202. The van der Waals surface area contributed by atoms with Crippen LogP contribution in [0.3, 0.4) is 0 Å². The molecule has 2 aliphatic rings. The average molecular weight is 380 g/mol. The highest BCUT2D eigenvalue weighted by atomic mass is 19.1. The van der Waals surface area contributed by atoms with E-state index in [9.17, 15) is 9.18 Å². The van der Waals surface area contributed by atoms with Crippen molar-refractivity contribution < 1.29 is 9.18 Å². The van der Waals surface area contributed by atoms with Crippen molar-refractivity contribution in [2.45, 2.75) is 25.8 Å². The van der Waals surface area contributed by atoms with Crippen LogP contribution in [-0.4, -0.2) is 42.1 Å². The van der Waals surface area contributed by atoms with Crippen molar-refractivity contribution in [3.8, 4) is 0 Å². The van der Waals surface area contributed by atoms with Crippen LogP contribution in [0, 0.1) is 5.82 Å². The Kier molecular flexibility index (Phi) is 5.55. The fourth-order valence-electron chi connectivity index (χ4n) is 3.72. The molecule has 1 fully saturated rings. The number of aromatic nitrogens is 1. The predicted molar refractivity (Wildman–Crippen MR) is 108 cm³/mol. The number of carbonyl (C=O) groups is 1. The fraction of sp³-hybridized carbons (Fsp3) is 0.364. The van der Waals surface area contributed by atoms with Gasteiger partial charge in [-0.15, -0.1) is 0 Å². The molecule has 4 rings (SSSR count). The molecule has 0 saturated carbocycles. The third kappa shape index (κ3) is 4.32. The number of hydrogen-bond donors (Lipinski definition) is 1. The Morgan fingerprint density at radius 2 is 1.86 bits per heavy atom. The highest BCUT2D eigenvalue weighted by Gasteiger charge is 2.18. The zero-order valence-corrected chi connectivity index (χ0v) is 15.9. The lowest BCUT2D eigenvalue weighted by Crippen LogP contribution is -2.41. The number of benzene rings is 1. The monoisotopic (exact) mass is 380 g/mol. The Balaban J connectivity index is 1.28. The van der Waals surface area contributed by atoms with E-state index in [1.807, 2.05) is 24.4 Å². The van der Waals surface area contributed by atoms with Gasteiger partial charge in [-0.1, -0.05) is 24.3 Å². The normalized spacial score (nSPS) is 16.8. The molecule has 1 saturated heterocycles. The lowest BCUT2D eigenvalue weighted by Gasteiger charge is -2.27. The number of rotatable bonds is 4. The molecular weight excluding hydrogens is 355 g/mol. The SMILES string of the molecule is O=C(NCc1ccc(N2CCCC2)nc1)N1CC=C(c2ccc(F)cc2)CC1. The maximum atomic E-state index is 13.1. The summed E-state index contributed by atoms with van der Waals surface area (Å²) in [4.78, 5) is 21.1. The molecule has 146 valence electrons. The topological polar surface area (TPSA) is 48.5 Å². The van der Waals surface area contributed by atoms with Crippen molar-refractivity contribution in [3.05, 3.63) is 65.6 Å². The van der Waals surface area contributed by atoms with Crippen LogP contribution in [0.25, 0.3) is 5.57 Å². The maximum Gasteiger partial charge on any atom is 0.317 e. The number of amides is 2. The zero-order valence-electron chi connectivity index (χ0n) is 15.9. The minimum atomic E-state index is -0.232. The molecule has 0 atom stereocenters. The number of urea groups is 1. The zero-order chi connectivity index (χ0) is 19.3. The first kappa shape index (κ1) is 18.5. The molecule has 0 radical (unpaired) electrons. The summed E-state index contributed by atoms with van der Waals surface area (Å²) in [7, 11) is 0. The van der Waals surface area contributed by atoms with Gasteiger partial charge in [0.25, 0.3) is 0 Å². The van der Waals surface area contributed by atoms with Crippen LogP contribution >= 0.6 is 0 Å². The summed E-state index contributed by atoms with van der Waals surface area (Å²) in [5, 5.41) is 2.97. The van der Waals surface area contributed by atoms with E-state index in [0.29, 0.717) is 19.6 Å². The Morgan fingerprint density at radius 1 is 1.07 bits per heavy atom. The van der Waals surface area contributed by atoms with Crippen molar-refractivity contribution in [2.75, 3.05) is 31.1 Å². The van der Waals surface area contributed by atoms with Gasteiger partial charge in [0.05, 0.1) is 0 Å². The largest absolute Gasteiger partial charge is 0.357 e. The molecule has 1 aromatic carbocycles. The second kappa shape index (κ2) is 8.42. The standard InChI is InChI=1S/C22H25FN4O/c23-20-6-4-18(5-7-20)19-9-13-27(14-10-19)22(28)25-16-17-3-8-21(24-15-17)26-11-1-2-12-26/h3-9,15H,1-2,10-14,16H2,(H,25,28). The first-order valence-corrected chi connectivity index (χ1v) is 9.87. The van der Waals surface area contributed by atoms with Crippen LogP contribution in [0.15, 0.2) is 48.7 Å². The number of carbonyl (C=O) groups excluding carboxylic acids is 1. The molecule has 28 heavy (non-hydrogen) atoms. The van der Waals surface area contributed by atoms with Crippen LogP contribution in [-0.2, 0) is 6.54 Å². The third-order valence-electron chi connectivity index (χ3n) is 5.39. The summed E-state index contributed by atoms with van der Waals surface area (Å²) in [5.74, 6) is 0.784. The van der Waals surface area contributed by atoms with Gasteiger partial charge in [-0.3, -0.25) is 0 Å². The predicted octanol–water partition coefficient (Wildman–Crippen LogP) is 3.82. The molecule has 2 aromatic rings. The van der Waals surface area contributed by atoms with Crippen LogP contribution in [0.1, 0.15) is 30.4 Å². The fourth-order valence-corrected chi connectivity index (χ4v) is 3.72. The molecule has 0 aliphatic carbocycles. The van der Waals surface area contributed by atoms with Crippen molar-refractivity contribution in [1.82, 2.24) is 15.2 Å². The highest BCUT2D eigenvalue weighted by Crippen LogP contribution is 2.22. The van der Waals surface area contributed by atoms with Gasteiger partial charge in [-0.05, 0) is 54.2 Å². The van der Waals surface area contributed by atoms with E-state index in [2.05, 4.69) is 15.2 Å². The van der Waals surface area contributed by atoms with Gasteiger partial charge in [0.2, 0.25) is 0 Å².